The van der Waals surface area contributed by atoms with Crippen LogP contribution in [0.5, 0.6) is 0 Å². The van der Waals surface area contributed by atoms with Gasteiger partial charge in [0.25, 0.3) is 0 Å². The summed E-state index contributed by atoms with van der Waals surface area (Å²) >= 11 is 0. The lowest BCUT2D eigenvalue weighted by Gasteiger charge is -2.09. The van der Waals surface area contributed by atoms with Gasteiger partial charge in [-0.15, -0.1) is 0 Å². The van der Waals surface area contributed by atoms with Gasteiger partial charge in [0, 0.05) is 0 Å². The Bertz CT molecular complexity index is 508. The molecular weight excluding hydrogens is 232 g/mol. The van der Waals surface area contributed by atoms with E-state index >= 15 is 0 Å². The number of carbonyl (C=O) groups excluding carboxylic acids is 2. The zero-order chi connectivity index (χ0) is 12.5. The zero-order valence-corrected chi connectivity index (χ0v) is 8.25. The number of hydrogen-bond donors (Lipinski definition) is 2. The summed E-state index contributed by atoms with van der Waals surface area (Å²) in [6, 6.07) is 2.07. The van der Waals surface area contributed by atoms with E-state index in [0.717, 1.165) is 6.21 Å². The SMILES string of the molecule is O=C1NC(=O)C(N=Cc2ccco2)([N+](=O)[O-])N1. The molecule has 0 aliphatic carbocycles. The van der Waals surface area contributed by atoms with Crippen molar-refractivity contribution in [3.63, 3.8) is 0 Å². The molecule has 1 aliphatic heterocycles. The molecule has 3 amide bonds. The highest BCUT2D eigenvalue weighted by atomic mass is 16.6. The van der Waals surface area contributed by atoms with Crippen LogP contribution in [0.25, 0.3) is 0 Å². The summed E-state index contributed by atoms with van der Waals surface area (Å²) in [5.74, 6) is -3.44. The van der Waals surface area contributed by atoms with E-state index in [1.54, 1.807) is 11.4 Å². The maximum atomic E-state index is 11.3. The molecule has 88 valence electrons. The minimum absolute atomic E-state index is 0.222. The third-order valence-corrected chi connectivity index (χ3v) is 2.02. The van der Waals surface area contributed by atoms with Crippen molar-refractivity contribution in [2.24, 2.45) is 4.99 Å². The lowest BCUT2D eigenvalue weighted by molar-refractivity contribution is -0.553. The summed E-state index contributed by atoms with van der Waals surface area (Å²) in [5.41, 5.74) is 0. The highest BCUT2D eigenvalue weighted by Crippen LogP contribution is 2.13. The maximum Gasteiger partial charge on any atom is 0.476 e. The van der Waals surface area contributed by atoms with Gasteiger partial charge in [-0.25, -0.2) is 10.1 Å². The molecule has 0 aromatic carbocycles. The lowest BCUT2D eigenvalue weighted by atomic mass is 10.3. The van der Waals surface area contributed by atoms with Crippen LogP contribution in [0.15, 0.2) is 27.8 Å². The number of aliphatic imine (C=N–C) groups is 1. The number of nitrogens with zero attached hydrogens (tertiary/aromatic N) is 2. The fourth-order valence-corrected chi connectivity index (χ4v) is 1.22. The van der Waals surface area contributed by atoms with Gasteiger partial charge in [0.05, 0.1) is 17.4 Å². The van der Waals surface area contributed by atoms with E-state index in [4.69, 9.17) is 4.42 Å². The Labute approximate surface area is 93.7 Å². The minimum atomic E-state index is -2.52. The van der Waals surface area contributed by atoms with Gasteiger partial charge in [0.1, 0.15) is 5.76 Å². The fourth-order valence-electron chi connectivity index (χ4n) is 1.22. The first-order valence-electron chi connectivity index (χ1n) is 4.41. The van der Waals surface area contributed by atoms with Gasteiger partial charge in [0.2, 0.25) is 0 Å². The summed E-state index contributed by atoms with van der Waals surface area (Å²) in [6.45, 7) is 0. The number of rotatable bonds is 3. The standard InChI is InChI=1S/C8H6N4O5/c13-6-8(12(15)16,11-7(14)10-6)9-4-5-2-1-3-17-5/h1-4H,(H2,10,11,13,14). The normalized spacial score (nSPS) is 23.8. The van der Waals surface area contributed by atoms with E-state index in [9.17, 15) is 19.7 Å². The Morgan fingerprint density at radius 3 is 2.76 bits per heavy atom. The summed E-state index contributed by atoms with van der Waals surface area (Å²) in [5, 5.41) is 14.4. The van der Waals surface area contributed by atoms with Gasteiger partial charge in [-0.3, -0.25) is 20.2 Å². The van der Waals surface area contributed by atoms with Crippen molar-refractivity contribution in [2.45, 2.75) is 5.79 Å². The Hall–Kier alpha value is -2.71. The molecule has 1 aromatic rings. The van der Waals surface area contributed by atoms with Gasteiger partial charge in [-0.2, -0.15) is 4.99 Å². The molecule has 1 aliphatic rings. The highest BCUT2D eigenvalue weighted by Gasteiger charge is 2.58. The van der Waals surface area contributed by atoms with Crippen LogP contribution in [-0.2, 0) is 4.79 Å². The van der Waals surface area contributed by atoms with E-state index in [0.29, 0.717) is 0 Å². The van der Waals surface area contributed by atoms with Crippen LogP contribution in [0.4, 0.5) is 4.79 Å². The molecule has 1 fully saturated rings. The quantitative estimate of drug-likeness (QED) is 0.316. The minimum Gasteiger partial charge on any atom is -0.463 e. The van der Waals surface area contributed by atoms with E-state index < -0.39 is 22.6 Å². The smallest absolute Gasteiger partial charge is 0.463 e. The summed E-state index contributed by atoms with van der Waals surface area (Å²) < 4.78 is 4.86. The number of nitrogens with one attached hydrogen (secondary N) is 2. The first-order valence-corrected chi connectivity index (χ1v) is 4.41. The predicted octanol–water partition coefficient (Wildman–Crippen LogP) is -0.532. The first-order chi connectivity index (χ1) is 8.04. The van der Waals surface area contributed by atoms with Crippen LogP contribution in [-0.4, -0.2) is 28.9 Å². The maximum absolute atomic E-state index is 11.3. The number of imide groups is 1. The second kappa shape index (κ2) is 3.70. The number of amides is 3. The van der Waals surface area contributed by atoms with Crippen LogP contribution in [0, 0.1) is 10.1 Å². The number of nitro groups is 1. The molecule has 0 saturated carbocycles. The number of furan rings is 1. The molecule has 17 heavy (non-hydrogen) atoms. The van der Waals surface area contributed by atoms with E-state index in [2.05, 4.69) is 4.99 Å². The Kier molecular flexibility index (Phi) is 2.35. The second-order valence-electron chi connectivity index (χ2n) is 3.11. The van der Waals surface area contributed by atoms with E-state index in [-0.39, 0.29) is 5.76 Å². The van der Waals surface area contributed by atoms with Gasteiger partial charge in [-0.1, -0.05) is 0 Å². The monoisotopic (exact) mass is 238 g/mol. The zero-order valence-electron chi connectivity index (χ0n) is 8.25. The summed E-state index contributed by atoms with van der Waals surface area (Å²) in [6.07, 6.45) is 2.33. The fraction of sp³-hybridized carbons (Fsp3) is 0.125. The van der Waals surface area contributed by atoms with E-state index in [1.807, 2.05) is 5.32 Å². The Balaban J connectivity index is 2.33. The summed E-state index contributed by atoms with van der Waals surface area (Å²) in [4.78, 5) is 35.5. The van der Waals surface area contributed by atoms with Crippen molar-refractivity contribution in [2.75, 3.05) is 0 Å². The molecule has 1 unspecified atom stereocenters. The van der Waals surface area contributed by atoms with Crippen molar-refractivity contribution < 1.29 is 18.9 Å². The largest absolute Gasteiger partial charge is 0.476 e. The number of urea groups is 1. The van der Waals surface area contributed by atoms with Crippen molar-refractivity contribution in [1.29, 1.82) is 0 Å². The highest BCUT2D eigenvalue weighted by molar-refractivity contribution is 6.06. The molecule has 9 nitrogen and oxygen atoms in total. The molecule has 0 radical (unpaired) electrons. The van der Waals surface area contributed by atoms with Crippen molar-refractivity contribution in [3.8, 4) is 0 Å². The van der Waals surface area contributed by atoms with Gasteiger partial charge in [0.15, 0.2) is 0 Å². The van der Waals surface area contributed by atoms with Crippen LogP contribution >= 0.6 is 0 Å². The molecule has 1 aromatic heterocycles. The third kappa shape index (κ3) is 1.73. The topological polar surface area (TPSA) is 127 Å². The Morgan fingerprint density at radius 2 is 2.29 bits per heavy atom. The molecular formula is C8H6N4O5. The predicted molar refractivity (Wildman–Crippen MR) is 52.7 cm³/mol. The number of carbonyl (C=O) groups is 2. The average Bonchev–Trinajstić information content (AvgIpc) is 2.84. The molecule has 0 bridgehead atoms. The van der Waals surface area contributed by atoms with Crippen molar-refractivity contribution in [1.82, 2.24) is 10.6 Å². The van der Waals surface area contributed by atoms with Gasteiger partial charge >= 0.3 is 17.7 Å². The average molecular weight is 238 g/mol. The molecule has 0 spiro atoms. The van der Waals surface area contributed by atoms with Gasteiger partial charge in [-0.05, 0) is 12.1 Å². The lowest BCUT2D eigenvalue weighted by Crippen LogP contribution is -2.52. The Morgan fingerprint density at radius 1 is 1.53 bits per heavy atom. The second-order valence-corrected chi connectivity index (χ2v) is 3.11. The third-order valence-electron chi connectivity index (χ3n) is 2.02. The van der Waals surface area contributed by atoms with Crippen LogP contribution < -0.4 is 10.6 Å². The first kappa shape index (κ1) is 10.8. The van der Waals surface area contributed by atoms with Gasteiger partial charge < -0.3 is 4.42 Å². The molecule has 2 heterocycles. The molecule has 2 N–H and O–H groups in total. The van der Waals surface area contributed by atoms with Crippen LogP contribution in [0.1, 0.15) is 5.76 Å². The van der Waals surface area contributed by atoms with Crippen LogP contribution in [0.2, 0.25) is 0 Å². The molecule has 9 heteroatoms. The van der Waals surface area contributed by atoms with E-state index in [1.165, 1.54) is 12.3 Å². The summed E-state index contributed by atoms with van der Waals surface area (Å²) in [7, 11) is 0. The molecule has 1 atom stereocenters. The van der Waals surface area contributed by atoms with Crippen LogP contribution in [0.3, 0.4) is 0 Å². The number of hydrogen-bond acceptors (Lipinski definition) is 6. The van der Waals surface area contributed by atoms with Crippen molar-refractivity contribution >= 4 is 18.2 Å². The van der Waals surface area contributed by atoms with Crippen molar-refractivity contribution in [3.05, 3.63) is 34.3 Å². The molecule has 1 saturated heterocycles. The molecule has 2 rings (SSSR count).